The van der Waals surface area contributed by atoms with Gasteiger partial charge in [-0.3, -0.25) is 4.99 Å². The van der Waals surface area contributed by atoms with Crippen LogP contribution in [0.3, 0.4) is 0 Å². The molecule has 0 fully saturated rings. The molecule has 0 aliphatic carbocycles. The molecule has 0 aliphatic heterocycles. The van der Waals surface area contributed by atoms with Gasteiger partial charge in [-0.05, 0) is 0 Å². The van der Waals surface area contributed by atoms with Gasteiger partial charge in [-0.15, -0.1) is 0 Å². The molecule has 4 nitrogen and oxygen atoms in total. The Morgan fingerprint density at radius 2 is 2.57 bits per heavy atom. The van der Waals surface area contributed by atoms with E-state index in [1.165, 1.54) is 7.05 Å². The Labute approximate surface area is 42.0 Å². The molecular weight excluding hydrogens is 94.1 g/mol. The summed E-state index contributed by atoms with van der Waals surface area (Å²) in [6.45, 7) is -0.164. The molecule has 42 valence electrons. The standard InChI is InChI=1S/C3H9N3O/c1-5-3(4)6-2-7/h7H,2H2,1H3,(H3,4,5,6). The van der Waals surface area contributed by atoms with Crippen LogP contribution in [0.15, 0.2) is 4.99 Å². The topological polar surface area (TPSA) is 70.6 Å². The number of rotatable bonds is 1. The van der Waals surface area contributed by atoms with Crippen LogP contribution in [-0.4, -0.2) is 24.8 Å². The lowest BCUT2D eigenvalue weighted by Crippen LogP contribution is -2.31. The van der Waals surface area contributed by atoms with Crippen LogP contribution in [0.2, 0.25) is 0 Å². The number of hydrogen-bond donors (Lipinski definition) is 3. The Bertz CT molecular complexity index is 70.6. The maximum atomic E-state index is 8.10. The zero-order chi connectivity index (χ0) is 5.70. The van der Waals surface area contributed by atoms with E-state index in [0.717, 1.165) is 0 Å². The number of nitrogens with two attached hydrogens (primary N) is 1. The van der Waals surface area contributed by atoms with Crippen molar-refractivity contribution >= 4 is 5.96 Å². The highest BCUT2D eigenvalue weighted by atomic mass is 16.3. The van der Waals surface area contributed by atoms with E-state index in [1.54, 1.807) is 0 Å². The minimum absolute atomic E-state index is 0.164. The summed E-state index contributed by atoms with van der Waals surface area (Å²) >= 11 is 0. The second kappa shape index (κ2) is 3.42. The van der Waals surface area contributed by atoms with Gasteiger partial charge in [0.25, 0.3) is 0 Å². The summed E-state index contributed by atoms with van der Waals surface area (Å²) in [6.07, 6.45) is 0. The van der Waals surface area contributed by atoms with Crippen molar-refractivity contribution in [2.75, 3.05) is 13.8 Å². The van der Waals surface area contributed by atoms with Crippen molar-refractivity contribution in [1.29, 1.82) is 0 Å². The number of guanidine groups is 1. The fourth-order valence-corrected chi connectivity index (χ4v) is 0.160. The van der Waals surface area contributed by atoms with E-state index in [9.17, 15) is 0 Å². The summed E-state index contributed by atoms with van der Waals surface area (Å²) < 4.78 is 0. The van der Waals surface area contributed by atoms with Crippen molar-refractivity contribution in [1.82, 2.24) is 5.32 Å². The van der Waals surface area contributed by atoms with Crippen molar-refractivity contribution in [3.8, 4) is 0 Å². The van der Waals surface area contributed by atoms with Gasteiger partial charge in [0.05, 0.1) is 0 Å². The fraction of sp³-hybridized carbons (Fsp3) is 0.667. The maximum absolute atomic E-state index is 8.10. The molecule has 0 aromatic heterocycles. The largest absolute Gasteiger partial charge is 0.376 e. The molecule has 0 aromatic carbocycles. The van der Waals surface area contributed by atoms with Crippen LogP contribution >= 0.6 is 0 Å². The number of aliphatic hydroxyl groups is 1. The predicted molar refractivity (Wildman–Crippen MR) is 27.8 cm³/mol. The van der Waals surface area contributed by atoms with E-state index in [4.69, 9.17) is 10.8 Å². The van der Waals surface area contributed by atoms with E-state index in [0.29, 0.717) is 0 Å². The van der Waals surface area contributed by atoms with Gasteiger partial charge in [0.15, 0.2) is 5.96 Å². The minimum Gasteiger partial charge on any atom is -0.376 e. The van der Waals surface area contributed by atoms with Crippen LogP contribution in [0, 0.1) is 0 Å². The molecule has 0 spiro atoms. The monoisotopic (exact) mass is 103 g/mol. The van der Waals surface area contributed by atoms with Crippen LogP contribution < -0.4 is 11.1 Å². The molecule has 0 amide bonds. The summed E-state index contributed by atoms with van der Waals surface area (Å²) in [4.78, 5) is 3.50. The zero-order valence-electron chi connectivity index (χ0n) is 4.18. The molecular formula is C3H9N3O. The predicted octanol–water partition coefficient (Wildman–Crippen LogP) is -1.53. The quantitative estimate of drug-likeness (QED) is 0.214. The second-order valence-corrected chi connectivity index (χ2v) is 0.944. The third-order valence-electron chi connectivity index (χ3n) is 0.501. The van der Waals surface area contributed by atoms with E-state index in [2.05, 4.69) is 10.3 Å². The van der Waals surface area contributed by atoms with Gasteiger partial charge in [-0.25, -0.2) is 0 Å². The van der Waals surface area contributed by atoms with E-state index in [-0.39, 0.29) is 12.7 Å². The first-order valence-electron chi connectivity index (χ1n) is 1.88. The van der Waals surface area contributed by atoms with Crippen LogP contribution in [0.1, 0.15) is 0 Å². The lowest BCUT2D eigenvalue weighted by Gasteiger charge is -1.95. The molecule has 0 saturated heterocycles. The van der Waals surface area contributed by atoms with E-state index < -0.39 is 0 Å². The van der Waals surface area contributed by atoms with Gasteiger partial charge in [0.2, 0.25) is 0 Å². The molecule has 7 heavy (non-hydrogen) atoms. The van der Waals surface area contributed by atoms with Crippen LogP contribution in [0.4, 0.5) is 0 Å². The number of aliphatic imine (C=N–C) groups is 1. The smallest absolute Gasteiger partial charge is 0.190 e. The zero-order valence-corrected chi connectivity index (χ0v) is 4.18. The Morgan fingerprint density at radius 1 is 2.00 bits per heavy atom. The lowest BCUT2D eigenvalue weighted by molar-refractivity contribution is 0.285. The highest BCUT2D eigenvalue weighted by molar-refractivity contribution is 5.77. The summed E-state index contributed by atoms with van der Waals surface area (Å²) in [5.74, 6) is 0.252. The third-order valence-corrected chi connectivity index (χ3v) is 0.501. The number of nitrogens with zero attached hydrogens (tertiary/aromatic N) is 1. The molecule has 0 rings (SSSR count). The molecule has 0 saturated carbocycles. The van der Waals surface area contributed by atoms with Crippen LogP contribution in [0.5, 0.6) is 0 Å². The third kappa shape index (κ3) is 3.05. The van der Waals surface area contributed by atoms with Gasteiger partial charge < -0.3 is 16.2 Å². The molecule has 0 atom stereocenters. The molecule has 0 bridgehead atoms. The first-order chi connectivity index (χ1) is 3.31. The normalized spacial score (nSPS) is 11.4. The first kappa shape index (κ1) is 6.23. The summed E-state index contributed by atoms with van der Waals surface area (Å²) in [7, 11) is 1.54. The Hall–Kier alpha value is -0.770. The molecule has 0 aromatic rings. The average molecular weight is 103 g/mol. The highest BCUT2D eigenvalue weighted by Crippen LogP contribution is 1.52. The number of nitrogens with one attached hydrogen (secondary N) is 1. The fourth-order valence-electron chi connectivity index (χ4n) is 0.160. The lowest BCUT2D eigenvalue weighted by atomic mass is 10.9. The number of aliphatic hydroxyl groups excluding tert-OH is 1. The molecule has 4 N–H and O–H groups in total. The minimum atomic E-state index is -0.164. The van der Waals surface area contributed by atoms with Gasteiger partial charge in [0.1, 0.15) is 6.73 Å². The summed E-state index contributed by atoms with van der Waals surface area (Å²) in [6, 6.07) is 0. The molecule has 4 heteroatoms. The highest BCUT2D eigenvalue weighted by Gasteiger charge is 1.78. The SMILES string of the molecule is CN=C(N)NCO. The Kier molecular flexibility index (Phi) is 3.04. The van der Waals surface area contributed by atoms with Crippen molar-refractivity contribution in [2.24, 2.45) is 10.7 Å². The maximum Gasteiger partial charge on any atom is 0.190 e. The van der Waals surface area contributed by atoms with Crippen molar-refractivity contribution in [3.05, 3.63) is 0 Å². The summed E-state index contributed by atoms with van der Waals surface area (Å²) in [5.41, 5.74) is 5.06. The van der Waals surface area contributed by atoms with Crippen molar-refractivity contribution in [3.63, 3.8) is 0 Å². The van der Waals surface area contributed by atoms with Crippen molar-refractivity contribution in [2.45, 2.75) is 0 Å². The second-order valence-electron chi connectivity index (χ2n) is 0.944. The Balaban J connectivity index is 3.17. The molecule has 0 aliphatic rings. The number of hydrogen-bond acceptors (Lipinski definition) is 2. The molecule has 0 heterocycles. The van der Waals surface area contributed by atoms with Crippen LogP contribution in [0.25, 0.3) is 0 Å². The van der Waals surface area contributed by atoms with Gasteiger partial charge in [0, 0.05) is 7.05 Å². The van der Waals surface area contributed by atoms with E-state index in [1.807, 2.05) is 0 Å². The van der Waals surface area contributed by atoms with Gasteiger partial charge in [-0.1, -0.05) is 0 Å². The average Bonchev–Trinajstić information content (AvgIpc) is 1.68. The molecule has 0 unspecified atom stereocenters. The van der Waals surface area contributed by atoms with Gasteiger partial charge >= 0.3 is 0 Å². The summed E-state index contributed by atoms with van der Waals surface area (Å²) in [5, 5.41) is 10.5. The Morgan fingerprint density at radius 3 is 2.71 bits per heavy atom. The van der Waals surface area contributed by atoms with Crippen LogP contribution in [-0.2, 0) is 0 Å². The first-order valence-corrected chi connectivity index (χ1v) is 1.88. The van der Waals surface area contributed by atoms with E-state index >= 15 is 0 Å². The molecule has 0 radical (unpaired) electrons. The van der Waals surface area contributed by atoms with Crippen molar-refractivity contribution < 1.29 is 5.11 Å². The van der Waals surface area contributed by atoms with Gasteiger partial charge in [-0.2, -0.15) is 0 Å².